The second-order valence-corrected chi connectivity index (χ2v) is 7.08. The summed E-state index contributed by atoms with van der Waals surface area (Å²) in [5.74, 6) is 0.384. The van der Waals surface area contributed by atoms with Crippen molar-refractivity contribution in [3.8, 4) is 0 Å². The molecule has 130 valence electrons. The van der Waals surface area contributed by atoms with E-state index < -0.39 is 0 Å². The van der Waals surface area contributed by atoms with Gasteiger partial charge < -0.3 is 4.90 Å². The smallest absolute Gasteiger partial charge is 0.222 e. The van der Waals surface area contributed by atoms with Crippen molar-refractivity contribution in [2.24, 2.45) is 0 Å². The predicted octanol–water partition coefficient (Wildman–Crippen LogP) is 6.09. The molecule has 0 aromatic heterocycles. The van der Waals surface area contributed by atoms with Crippen LogP contribution in [0.2, 0.25) is 0 Å². The molecule has 1 aliphatic heterocycles. The maximum atomic E-state index is 11.5. The molecule has 0 atom stereocenters. The Balaban J connectivity index is 1.65. The van der Waals surface area contributed by atoms with E-state index >= 15 is 0 Å². The van der Waals surface area contributed by atoms with Gasteiger partial charge in [-0.2, -0.15) is 0 Å². The highest BCUT2D eigenvalue weighted by Crippen LogP contribution is 2.14. The largest absolute Gasteiger partial charge is 0.339 e. The summed E-state index contributed by atoms with van der Waals surface area (Å²) in [4.78, 5) is 13.4. The first-order valence-corrected chi connectivity index (χ1v) is 10.1. The van der Waals surface area contributed by atoms with Crippen LogP contribution < -0.4 is 0 Å². The molecule has 1 fully saturated rings. The molecule has 0 aromatic rings. The zero-order chi connectivity index (χ0) is 15.9. The fraction of sp³-hybridized carbons (Fsp3) is 0.950. The summed E-state index contributed by atoms with van der Waals surface area (Å²) in [7, 11) is 0. The van der Waals surface area contributed by atoms with Crippen LogP contribution in [-0.4, -0.2) is 23.9 Å². The van der Waals surface area contributed by atoms with E-state index in [1.165, 1.54) is 89.9 Å². The molecular formula is C20H39NO. The number of carbonyl (C=O) groups excluding carboxylic acids is 1. The van der Waals surface area contributed by atoms with Crippen molar-refractivity contribution in [3.63, 3.8) is 0 Å². The predicted molar refractivity (Wildman–Crippen MR) is 96.1 cm³/mol. The highest BCUT2D eigenvalue weighted by molar-refractivity contribution is 5.78. The molecule has 0 saturated carbocycles. The monoisotopic (exact) mass is 309 g/mol. The van der Waals surface area contributed by atoms with Crippen LogP contribution in [0.5, 0.6) is 0 Å². The Morgan fingerprint density at radius 2 is 1.00 bits per heavy atom. The number of amides is 1. The lowest BCUT2D eigenvalue weighted by molar-refractivity contribution is -0.125. The van der Waals surface area contributed by atoms with Crippen LogP contribution in [0.25, 0.3) is 0 Å². The van der Waals surface area contributed by atoms with E-state index in [0.29, 0.717) is 5.91 Å². The van der Waals surface area contributed by atoms with Crippen molar-refractivity contribution >= 4 is 5.91 Å². The van der Waals surface area contributed by atoms with Gasteiger partial charge in [-0.3, -0.25) is 4.79 Å². The van der Waals surface area contributed by atoms with E-state index in [0.717, 1.165) is 25.9 Å². The molecule has 22 heavy (non-hydrogen) atoms. The SMILES string of the molecule is CCCCCCCCCCCCCCCCCC(=O)N1CC1. The van der Waals surface area contributed by atoms with E-state index in [-0.39, 0.29) is 0 Å². The Bertz CT molecular complexity index is 260. The quantitative estimate of drug-likeness (QED) is 0.249. The maximum absolute atomic E-state index is 11.5. The minimum absolute atomic E-state index is 0.384. The summed E-state index contributed by atoms with van der Waals surface area (Å²) in [5, 5.41) is 0. The highest BCUT2D eigenvalue weighted by Gasteiger charge is 2.22. The fourth-order valence-corrected chi connectivity index (χ4v) is 3.11. The molecule has 0 aliphatic carbocycles. The third kappa shape index (κ3) is 12.1. The van der Waals surface area contributed by atoms with Crippen molar-refractivity contribution in [3.05, 3.63) is 0 Å². The van der Waals surface area contributed by atoms with Crippen molar-refractivity contribution in [1.82, 2.24) is 4.90 Å². The first-order chi connectivity index (χ1) is 10.8. The number of hydrogen-bond donors (Lipinski definition) is 0. The molecule has 1 saturated heterocycles. The van der Waals surface area contributed by atoms with E-state index in [2.05, 4.69) is 6.92 Å². The lowest BCUT2D eigenvalue weighted by Gasteiger charge is -2.04. The van der Waals surface area contributed by atoms with Gasteiger partial charge in [-0.1, -0.05) is 96.8 Å². The van der Waals surface area contributed by atoms with Gasteiger partial charge >= 0.3 is 0 Å². The Morgan fingerprint density at radius 1 is 0.636 bits per heavy atom. The van der Waals surface area contributed by atoms with Crippen molar-refractivity contribution in [2.75, 3.05) is 13.1 Å². The molecule has 0 spiro atoms. The minimum atomic E-state index is 0.384. The zero-order valence-corrected chi connectivity index (χ0v) is 15.1. The second kappa shape index (κ2) is 14.1. The van der Waals surface area contributed by atoms with Crippen LogP contribution in [0.3, 0.4) is 0 Å². The lowest BCUT2D eigenvalue weighted by Crippen LogP contribution is -2.09. The molecule has 2 heteroatoms. The minimum Gasteiger partial charge on any atom is -0.339 e. The van der Waals surface area contributed by atoms with Gasteiger partial charge in [-0.15, -0.1) is 0 Å². The molecule has 0 bridgehead atoms. The van der Waals surface area contributed by atoms with Crippen LogP contribution in [0.15, 0.2) is 0 Å². The molecule has 0 aromatic carbocycles. The molecule has 1 amide bonds. The normalized spacial score (nSPS) is 13.6. The molecule has 0 unspecified atom stereocenters. The third-order valence-electron chi connectivity index (χ3n) is 4.79. The molecular weight excluding hydrogens is 270 g/mol. The van der Waals surface area contributed by atoms with Gasteiger partial charge in [0.2, 0.25) is 5.91 Å². The standard InChI is InChI=1S/C20H39NO/c1-2-3-4-5-6-7-8-9-10-11-12-13-14-15-16-17-20(22)21-18-19-21/h2-19H2,1H3. The van der Waals surface area contributed by atoms with Gasteiger partial charge in [0.15, 0.2) is 0 Å². The molecule has 1 rings (SSSR count). The van der Waals surface area contributed by atoms with Gasteiger partial charge in [0.05, 0.1) is 0 Å². The Kier molecular flexibility index (Phi) is 12.5. The van der Waals surface area contributed by atoms with E-state index in [1.54, 1.807) is 0 Å². The summed E-state index contributed by atoms with van der Waals surface area (Å²) in [6.07, 6.45) is 21.6. The van der Waals surface area contributed by atoms with E-state index in [4.69, 9.17) is 0 Å². The van der Waals surface area contributed by atoms with Crippen LogP contribution in [-0.2, 0) is 4.79 Å². The number of hydrogen-bond acceptors (Lipinski definition) is 1. The van der Waals surface area contributed by atoms with E-state index in [9.17, 15) is 4.79 Å². The molecule has 0 radical (unpaired) electrons. The number of nitrogens with zero attached hydrogens (tertiary/aromatic N) is 1. The number of rotatable bonds is 16. The third-order valence-corrected chi connectivity index (χ3v) is 4.79. The zero-order valence-electron chi connectivity index (χ0n) is 15.1. The van der Waals surface area contributed by atoms with Gasteiger partial charge in [0, 0.05) is 19.5 Å². The second-order valence-electron chi connectivity index (χ2n) is 7.08. The van der Waals surface area contributed by atoms with Gasteiger partial charge in [-0.05, 0) is 6.42 Å². The molecule has 1 aliphatic rings. The summed E-state index contributed by atoms with van der Waals surface area (Å²) >= 11 is 0. The lowest BCUT2D eigenvalue weighted by atomic mass is 10.0. The summed E-state index contributed by atoms with van der Waals surface area (Å²) in [5.41, 5.74) is 0. The van der Waals surface area contributed by atoms with Crippen LogP contribution >= 0.6 is 0 Å². The van der Waals surface area contributed by atoms with Crippen LogP contribution in [0.4, 0.5) is 0 Å². The van der Waals surface area contributed by atoms with E-state index in [1.807, 2.05) is 4.90 Å². The maximum Gasteiger partial charge on any atom is 0.222 e. The van der Waals surface area contributed by atoms with Gasteiger partial charge in [0.1, 0.15) is 0 Å². The summed E-state index contributed by atoms with van der Waals surface area (Å²) < 4.78 is 0. The van der Waals surface area contributed by atoms with Crippen molar-refractivity contribution < 1.29 is 4.79 Å². The highest BCUT2D eigenvalue weighted by atomic mass is 16.2. The van der Waals surface area contributed by atoms with Crippen molar-refractivity contribution in [2.45, 2.75) is 110 Å². The Morgan fingerprint density at radius 3 is 1.36 bits per heavy atom. The Labute approximate surface area is 139 Å². The molecule has 1 heterocycles. The average molecular weight is 310 g/mol. The number of unbranched alkanes of at least 4 members (excludes halogenated alkanes) is 14. The van der Waals surface area contributed by atoms with Crippen LogP contribution in [0.1, 0.15) is 110 Å². The first kappa shape index (κ1) is 19.5. The fourth-order valence-electron chi connectivity index (χ4n) is 3.11. The molecule has 0 N–H and O–H groups in total. The first-order valence-electron chi connectivity index (χ1n) is 10.1. The van der Waals surface area contributed by atoms with Gasteiger partial charge in [-0.25, -0.2) is 0 Å². The van der Waals surface area contributed by atoms with Crippen molar-refractivity contribution in [1.29, 1.82) is 0 Å². The molecule has 2 nitrogen and oxygen atoms in total. The average Bonchev–Trinajstić information content (AvgIpc) is 3.36. The topological polar surface area (TPSA) is 20.1 Å². The van der Waals surface area contributed by atoms with Crippen LogP contribution in [0, 0.1) is 0 Å². The number of carbonyl (C=O) groups is 1. The summed E-state index contributed by atoms with van der Waals surface area (Å²) in [6, 6.07) is 0. The summed E-state index contributed by atoms with van der Waals surface area (Å²) in [6.45, 7) is 4.31. The Hall–Kier alpha value is -0.530. The van der Waals surface area contributed by atoms with Gasteiger partial charge in [0.25, 0.3) is 0 Å².